The summed E-state index contributed by atoms with van der Waals surface area (Å²) in [6.07, 6.45) is 0.904. The predicted molar refractivity (Wildman–Crippen MR) is 93.9 cm³/mol. The second-order valence-corrected chi connectivity index (χ2v) is 6.54. The Labute approximate surface area is 145 Å². The number of ether oxygens (including phenoxy) is 1. The van der Waals surface area contributed by atoms with Gasteiger partial charge in [-0.3, -0.25) is 4.79 Å². The summed E-state index contributed by atoms with van der Waals surface area (Å²) in [6, 6.07) is 11.7. The van der Waals surface area contributed by atoms with E-state index in [0.717, 1.165) is 23.6 Å². The molecule has 0 bridgehead atoms. The van der Waals surface area contributed by atoms with Crippen LogP contribution in [0.1, 0.15) is 27.4 Å². The molecule has 1 atom stereocenters. The molecule has 0 radical (unpaired) electrons. The Morgan fingerprint density at radius 3 is 3.04 bits per heavy atom. The molecular formula is C19H20N4O2. The van der Waals surface area contributed by atoms with Gasteiger partial charge in [0.25, 0.3) is 5.91 Å². The molecule has 4 rings (SSSR count). The lowest BCUT2D eigenvalue weighted by Crippen LogP contribution is -2.35. The normalized spacial score (nSPS) is 16.3. The van der Waals surface area contributed by atoms with E-state index in [1.54, 1.807) is 10.6 Å². The molecule has 0 saturated carbocycles. The van der Waals surface area contributed by atoms with E-state index in [1.807, 2.05) is 38.1 Å². The van der Waals surface area contributed by atoms with Crippen molar-refractivity contribution in [2.75, 3.05) is 13.2 Å². The van der Waals surface area contributed by atoms with Crippen LogP contribution in [0.5, 0.6) is 5.75 Å². The van der Waals surface area contributed by atoms with E-state index in [0.29, 0.717) is 24.5 Å². The summed E-state index contributed by atoms with van der Waals surface area (Å²) < 4.78 is 7.47. The zero-order valence-electron chi connectivity index (χ0n) is 14.3. The van der Waals surface area contributed by atoms with E-state index in [4.69, 9.17) is 4.74 Å². The number of amides is 1. The molecule has 1 aromatic carbocycles. The molecule has 1 aliphatic heterocycles. The van der Waals surface area contributed by atoms with Crippen LogP contribution in [0.15, 0.2) is 36.4 Å². The lowest BCUT2D eigenvalue weighted by Gasteiger charge is -2.25. The van der Waals surface area contributed by atoms with Gasteiger partial charge < -0.3 is 10.1 Å². The van der Waals surface area contributed by atoms with Crippen LogP contribution in [0.3, 0.4) is 0 Å². The molecule has 0 unspecified atom stereocenters. The van der Waals surface area contributed by atoms with Crippen molar-refractivity contribution in [1.82, 2.24) is 19.9 Å². The van der Waals surface area contributed by atoms with Crippen LogP contribution in [0.25, 0.3) is 5.65 Å². The average molecular weight is 336 g/mol. The highest BCUT2D eigenvalue weighted by molar-refractivity contribution is 5.93. The van der Waals surface area contributed by atoms with Gasteiger partial charge in [-0.15, -0.1) is 0 Å². The highest BCUT2D eigenvalue weighted by Crippen LogP contribution is 2.26. The van der Waals surface area contributed by atoms with Crippen LogP contribution in [-0.4, -0.2) is 33.7 Å². The van der Waals surface area contributed by atoms with Crippen LogP contribution in [0, 0.1) is 19.8 Å². The number of nitrogens with zero attached hydrogens (tertiary/aromatic N) is 3. The van der Waals surface area contributed by atoms with Gasteiger partial charge in [-0.25, -0.2) is 9.50 Å². The molecule has 6 nitrogen and oxygen atoms in total. The van der Waals surface area contributed by atoms with Gasteiger partial charge in [0.2, 0.25) is 0 Å². The molecule has 3 aromatic rings. The van der Waals surface area contributed by atoms with Crippen molar-refractivity contribution < 1.29 is 9.53 Å². The van der Waals surface area contributed by atoms with Crippen molar-refractivity contribution in [2.24, 2.45) is 5.92 Å². The summed E-state index contributed by atoms with van der Waals surface area (Å²) in [4.78, 5) is 16.9. The topological polar surface area (TPSA) is 68.5 Å². The van der Waals surface area contributed by atoms with Gasteiger partial charge in [0.15, 0.2) is 11.3 Å². The molecule has 0 spiro atoms. The molecule has 0 fully saturated rings. The van der Waals surface area contributed by atoms with E-state index in [1.165, 1.54) is 5.56 Å². The fourth-order valence-corrected chi connectivity index (χ4v) is 3.25. The van der Waals surface area contributed by atoms with Crippen LogP contribution in [0.4, 0.5) is 0 Å². The van der Waals surface area contributed by atoms with Gasteiger partial charge in [0, 0.05) is 29.9 Å². The summed E-state index contributed by atoms with van der Waals surface area (Å²) in [7, 11) is 0. The number of carbonyl (C=O) groups excluding carboxylic acids is 1. The minimum absolute atomic E-state index is 0.179. The molecule has 2 aromatic heterocycles. The highest BCUT2D eigenvalue weighted by atomic mass is 16.5. The number of rotatable bonds is 3. The van der Waals surface area contributed by atoms with Gasteiger partial charge >= 0.3 is 0 Å². The first-order valence-electron chi connectivity index (χ1n) is 8.43. The molecule has 1 amide bonds. The van der Waals surface area contributed by atoms with Crippen molar-refractivity contribution in [2.45, 2.75) is 20.3 Å². The smallest absolute Gasteiger partial charge is 0.271 e. The second kappa shape index (κ2) is 6.20. The maximum Gasteiger partial charge on any atom is 0.271 e. The third-order valence-corrected chi connectivity index (χ3v) is 4.47. The maximum atomic E-state index is 12.4. The number of benzene rings is 1. The van der Waals surface area contributed by atoms with Crippen molar-refractivity contribution in [3.8, 4) is 5.75 Å². The number of nitrogens with one attached hydrogen (secondary N) is 1. The number of aromatic nitrogens is 3. The minimum atomic E-state index is -0.179. The molecule has 1 aliphatic rings. The molecule has 0 saturated heterocycles. The fourth-order valence-electron chi connectivity index (χ4n) is 3.25. The first kappa shape index (κ1) is 15.6. The average Bonchev–Trinajstić information content (AvgIpc) is 3.04. The predicted octanol–water partition coefficient (Wildman–Crippen LogP) is 2.33. The number of aryl methyl sites for hydroxylation is 2. The Kier molecular flexibility index (Phi) is 3.87. The monoisotopic (exact) mass is 336 g/mol. The third-order valence-electron chi connectivity index (χ3n) is 4.47. The first-order chi connectivity index (χ1) is 12.1. The molecule has 25 heavy (non-hydrogen) atoms. The first-order valence-corrected chi connectivity index (χ1v) is 8.43. The number of para-hydroxylation sites is 1. The van der Waals surface area contributed by atoms with E-state index in [2.05, 4.69) is 21.5 Å². The Hall–Kier alpha value is -2.89. The summed E-state index contributed by atoms with van der Waals surface area (Å²) in [5.74, 6) is 1.03. The van der Waals surface area contributed by atoms with E-state index in [9.17, 15) is 4.79 Å². The fraction of sp³-hybridized carbons (Fsp3) is 0.316. The summed E-state index contributed by atoms with van der Waals surface area (Å²) in [5.41, 5.74) is 4.14. The quantitative estimate of drug-likeness (QED) is 0.797. The summed E-state index contributed by atoms with van der Waals surface area (Å²) >= 11 is 0. The highest BCUT2D eigenvalue weighted by Gasteiger charge is 2.21. The van der Waals surface area contributed by atoms with Crippen LogP contribution >= 0.6 is 0 Å². The molecule has 128 valence electrons. The Bertz CT molecular complexity index is 948. The van der Waals surface area contributed by atoms with Crippen molar-refractivity contribution >= 4 is 11.6 Å². The largest absolute Gasteiger partial charge is 0.493 e. The number of carbonyl (C=O) groups is 1. The molecule has 6 heteroatoms. The minimum Gasteiger partial charge on any atom is -0.493 e. The van der Waals surface area contributed by atoms with Crippen molar-refractivity contribution in [3.05, 3.63) is 59.0 Å². The van der Waals surface area contributed by atoms with Crippen molar-refractivity contribution in [3.63, 3.8) is 0 Å². The van der Waals surface area contributed by atoms with Gasteiger partial charge in [0.05, 0.1) is 6.61 Å². The van der Waals surface area contributed by atoms with E-state index < -0.39 is 0 Å². The third kappa shape index (κ3) is 3.07. The number of hydrogen-bond donors (Lipinski definition) is 1. The summed E-state index contributed by atoms with van der Waals surface area (Å²) in [6.45, 7) is 5.06. The van der Waals surface area contributed by atoms with Gasteiger partial charge in [-0.2, -0.15) is 5.10 Å². The van der Waals surface area contributed by atoms with Crippen LogP contribution < -0.4 is 10.1 Å². The second-order valence-electron chi connectivity index (χ2n) is 6.54. The van der Waals surface area contributed by atoms with Crippen LogP contribution in [0.2, 0.25) is 0 Å². The Morgan fingerprint density at radius 1 is 1.32 bits per heavy atom. The summed E-state index contributed by atoms with van der Waals surface area (Å²) in [5, 5.41) is 7.34. The van der Waals surface area contributed by atoms with Crippen molar-refractivity contribution in [1.29, 1.82) is 0 Å². The van der Waals surface area contributed by atoms with E-state index in [-0.39, 0.29) is 11.8 Å². The van der Waals surface area contributed by atoms with Gasteiger partial charge in [-0.1, -0.05) is 18.2 Å². The lowest BCUT2D eigenvalue weighted by molar-refractivity contribution is 0.0933. The standard InChI is InChI=1S/C19H20N4O2/c1-12-7-13(2)23-18(21-12)9-16(22-23)19(24)20-10-14-8-15-5-3-4-6-17(15)25-11-14/h3-7,9,14H,8,10-11H2,1-2H3,(H,20,24)/t14-/m0/s1. The molecule has 3 heterocycles. The Morgan fingerprint density at radius 2 is 2.16 bits per heavy atom. The maximum absolute atomic E-state index is 12.4. The van der Waals surface area contributed by atoms with Crippen LogP contribution in [-0.2, 0) is 6.42 Å². The zero-order valence-corrected chi connectivity index (χ0v) is 14.3. The van der Waals surface area contributed by atoms with Gasteiger partial charge in [0.1, 0.15) is 5.75 Å². The zero-order chi connectivity index (χ0) is 17.4. The van der Waals surface area contributed by atoms with Gasteiger partial charge in [-0.05, 0) is 38.0 Å². The molecule has 1 N–H and O–H groups in total. The molecule has 0 aliphatic carbocycles. The van der Waals surface area contributed by atoms with E-state index >= 15 is 0 Å². The lowest BCUT2D eigenvalue weighted by atomic mass is 9.97. The molecular weight excluding hydrogens is 316 g/mol. The number of fused-ring (bicyclic) bond motifs is 2. The number of hydrogen-bond acceptors (Lipinski definition) is 4. The SMILES string of the molecule is Cc1cc(C)n2nc(C(=O)NC[C@H]3COc4ccccc4C3)cc2n1. The Balaban J connectivity index is 1.44.